The van der Waals surface area contributed by atoms with Crippen LogP contribution in [0.2, 0.25) is 0 Å². The molecule has 0 aliphatic heterocycles. The van der Waals surface area contributed by atoms with Crippen molar-refractivity contribution in [3.05, 3.63) is 87.1 Å². The molecule has 0 aliphatic carbocycles. The third kappa shape index (κ3) is 4.83. The van der Waals surface area contributed by atoms with Gasteiger partial charge in [0.2, 0.25) is 0 Å². The molecular weight excluding hydrogens is 482 g/mol. The van der Waals surface area contributed by atoms with Crippen molar-refractivity contribution in [1.29, 1.82) is 0 Å². The minimum Gasteiger partial charge on any atom is -0.493 e. The van der Waals surface area contributed by atoms with Crippen LogP contribution in [0, 0.1) is 0 Å². The molecule has 0 bridgehead atoms. The average molecular weight is 506 g/mol. The highest BCUT2D eigenvalue weighted by Crippen LogP contribution is 2.37. The van der Waals surface area contributed by atoms with Crippen molar-refractivity contribution in [1.82, 2.24) is 9.66 Å². The van der Waals surface area contributed by atoms with Gasteiger partial charge in [0.1, 0.15) is 0 Å². The van der Waals surface area contributed by atoms with Crippen LogP contribution in [0.15, 0.2) is 81.1 Å². The summed E-state index contributed by atoms with van der Waals surface area (Å²) in [5, 5.41) is 5.03. The first-order chi connectivity index (χ1) is 16.0. The van der Waals surface area contributed by atoms with Gasteiger partial charge >= 0.3 is 0 Å². The molecule has 1 aromatic heterocycles. The molecular formula is C26H24BrN3O3. The smallest absolute Gasteiger partial charge is 0.282 e. The van der Waals surface area contributed by atoms with E-state index in [1.165, 1.54) is 4.68 Å². The van der Waals surface area contributed by atoms with E-state index in [4.69, 9.17) is 14.5 Å². The van der Waals surface area contributed by atoms with Gasteiger partial charge in [0.25, 0.3) is 5.56 Å². The third-order valence-electron chi connectivity index (χ3n) is 5.25. The lowest BCUT2D eigenvalue weighted by Crippen LogP contribution is -2.20. The van der Waals surface area contributed by atoms with Crippen LogP contribution in [0.4, 0.5) is 0 Å². The molecule has 4 aromatic rings. The maximum atomic E-state index is 13.3. The summed E-state index contributed by atoms with van der Waals surface area (Å²) in [5.74, 6) is 1.69. The molecule has 3 aromatic carbocycles. The lowest BCUT2D eigenvalue weighted by molar-refractivity contribution is 0.206. The molecule has 0 saturated heterocycles. The summed E-state index contributed by atoms with van der Waals surface area (Å²) in [6.07, 6.45) is 2.54. The van der Waals surface area contributed by atoms with E-state index in [2.05, 4.69) is 28.0 Å². The number of nitrogens with zero attached hydrogens (tertiary/aromatic N) is 3. The Hall–Kier alpha value is -3.45. The number of fused-ring (bicyclic) bond motifs is 1. The lowest BCUT2D eigenvalue weighted by Gasteiger charge is -2.17. The summed E-state index contributed by atoms with van der Waals surface area (Å²) in [7, 11) is 1.59. The highest BCUT2D eigenvalue weighted by atomic mass is 79.9. The van der Waals surface area contributed by atoms with E-state index in [-0.39, 0.29) is 11.7 Å². The molecule has 0 saturated carbocycles. The van der Waals surface area contributed by atoms with Crippen molar-refractivity contribution in [2.75, 3.05) is 7.11 Å². The first-order valence-corrected chi connectivity index (χ1v) is 11.5. The summed E-state index contributed by atoms with van der Waals surface area (Å²) in [5.41, 5.74) is 1.94. The van der Waals surface area contributed by atoms with Gasteiger partial charge in [-0.1, -0.05) is 49.4 Å². The second kappa shape index (κ2) is 10.0. The van der Waals surface area contributed by atoms with Crippen molar-refractivity contribution >= 4 is 33.0 Å². The zero-order valence-corrected chi connectivity index (χ0v) is 20.2. The molecule has 1 atom stereocenters. The average Bonchev–Trinajstić information content (AvgIpc) is 2.85. The monoisotopic (exact) mass is 505 g/mol. The SMILES string of the molecule is CC[C@H](C)Oc1c(Br)cc(C=Nn2c(-c3ccccc3)nc3ccccc3c2=O)cc1OC. The summed E-state index contributed by atoms with van der Waals surface area (Å²) >= 11 is 3.57. The highest BCUT2D eigenvalue weighted by molar-refractivity contribution is 9.10. The third-order valence-corrected chi connectivity index (χ3v) is 5.84. The molecule has 33 heavy (non-hydrogen) atoms. The van der Waals surface area contributed by atoms with Crippen LogP contribution in [0.5, 0.6) is 11.5 Å². The molecule has 0 N–H and O–H groups in total. The number of para-hydroxylation sites is 1. The second-order valence-electron chi connectivity index (χ2n) is 7.55. The number of methoxy groups -OCH3 is 1. The summed E-state index contributed by atoms with van der Waals surface area (Å²) in [6.45, 7) is 4.07. The maximum Gasteiger partial charge on any atom is 0.282 e. The van der Waals surface area contributed by atoms with Gasteiger partial charge in [0.15, 0.2) is 17.3 Å². The van der Waals surface area contributed by atoms with Gasteiger partial charge < -0.3 is 9.47 Å². The molecule has 168 valence electrons. The van der Waals surface area contributed by atoms with Crippen LogP contribution in [-0.2, 0) is 0 Å². The van der Waals surface area contributed by atoms with Gasteiger partial charge in [0, 0.05) is 5.56 Å². The standard InChI is InChI=1S/C26H24BrN3O3/c1-4-17(2)33-24-21(27)14-18(15-23(24)32-3)16-28-30-25(19-10-6-5-7-11-19)29-22-13-9-8-12-20(22)26(30)31/h5-17H,4H2,1-3H3/t17-/m0/s1. The quantitative estimate of drug-likeness (QED) is 0.293. The summed E-state index contributed by atoms with van der Waals surface area (Å²) < 4.78 is 13.6. The summed E-state index contributed by atoms with van der Waals surface area (Å²) in [4.78, 5) is 18.0. The minimum atomic E-state index is -0.238. The number of hydrogen-bond donors (Lipinski definition) is 0. The Balaban J connectivity index is 1.82. The molecule has 0 unspecified atom stereocenters. The van der Waals surface area contributed by atoms with Crippen LogP contribution in [-0.4, -0.2) is 29.1 Å². The fourth-order valence-electron chi connectivity index (χ4n) is 3.34. The molecule has 0 aliphatic rings. The number of benzene rings is 3. The topological polar surface area (TPSA) is 65.7 Å². The summed E-state index contributed by atoms with van der Waals surface area (Å²) in [6, 6.07) is 20.5. The van der Waals surface area contributed by atoms with Crippen LogP contribution in [0.3, 0.4) is 0 Å². The van der Waals surface area contributed by atoms with E-state index < -0.39 is 0 Å². The van der Waals surface area contributed by atoms with Crippen molar-refractivity contribution in [3.8, 4) is 22.9 Å². The fraction of sp³-hybridized carbons (Fsp3) is 0.192. The number of ether oxygens (including phenoxy) is 2. The van der Waals surface area contributed by atoms with Crippen LogP contribution >= 0.6 is 15.9 Å². The van der Waals surface area contributed by atoms with E-state index in [1.54, 1.807) is 19.4 Å². The zero-order valence-electron chi connectivity index (χ0n) is 18.7. The predicted octanol–water partition coefficient (Wildman–Crippen LogP) is 5.89. The Morgan fingerprint density at radius 1 is 1.12 bits per heavy atom. The molecule has 4 rings (SSSR count). The van der Waals surface area contributed by atoms with Crippen molar-refractivity contribution < 1.29 is 9.47 Å². The number of aromatic nitrogens is 2. The molecule has 0 radical (unpaired) electrons. The van der Waals surface area contributed by atoms with Crippen molar-refractivity contribution in [2.24, 2.45) is 5.10 Å². The van der Waals surface area contributed by atoms with Gasteiger partial charge in [-0.15, -0.1) is 0 Å². The predicted molar refractivity (Wildman–Crippen MR) is 136 cm³/mol. The Morgan fingerprint density at radius 3 is 2.58 bits per heavy atom. The van der Waals surface area contributed by atoms with Crippen molar-refractivity contribution in [2.45, 2.75) is 26.4 Å². The van der Waals surface area contributed by atoms with E-state index >= 15 is 0 Å². The Labute approximate surface area is 200 Å². The molecule has 7 heteroatoms. The molecule has 0 spiro atoms. The van der Waals surface area contributed by atoms with Gasteiger partial charge in [-0.2, -0.15) is 9.78 Å². The van der Waals surface area contributed by atoms with Crippen LogP contribution in [0.25, 0.3) is 22.3 Å². The molecule has 6 nitrogen and oxygen atoms in total. The molecule has 1 heterocycles. The number of halogens is 1. The lowest BCUT2D eigenvalue weighted by atomic mass is 10.2. The van der Waals surface area contributed by atoms with E-state index in [0.29, 0.717) is 28.2 Å². The maximum absolute atomic E-state index is 13.3. The van der Waals surface area contributed by atoms with Crippen LogP contribution < -0.4 is 15.0 Å². The fourth-order valence-corrected chi connectivity index (χ4v) is 3.90. The number of rotatable bonds is 7. The zero-order chi connectivity index (χ0) is 23.4. The van der Waals surface area contributed by atoms with Gasteiger partial charge in [-0.05, 0) is 59.1 Å². The van der Waals surface area contributed by atoms with Crippen LogP contribution in [0.1, 0.15) is 25.8 Å². The number of hydrogen-bond acceptors (Lipinski definition) is 5. The Bertz CT molecular complexity index is 1370. The second-order valence-corrected chi connectivity index (χ2v) is 8.41. The van der Waals surface area contributed by atoms with E-state index in [0.717, 1.165) is 22.0 Å². The highest BCUT2D eigenvalue weighted by Gasteiger charge is 2.15. The van der Waals surface area contributed by atoms with Gasteiger partial charge in [0.05, 0.1) is 34.8 Å². The molecule has 0 amide bonds. The Morgan fingerprint density at radius 2 is 1.85 bits per heavy atom. The Kier molecular flexibility index (Phi) is 6.89. The van der Waals surface area contributed by atoms with E-state index in [1.807, 2.05) is 67.6 Å². The molecule has 0 fully saturated rings. The first-order valence-electron chi connectivity index (χ1n) is 10.7. The van der Waals surface area contributed by atoms with Gasteiger partial charge in [-0.3, -0.25) is 4.79 Å². The normalized spacial score (nSPS) is 12.2. The van der Waals surface area contributed by atoms with Crippen molar-refractivity contribution in [3.63, 3.8) is 0 Å². The van der Waals surface area contributed by atoms with E-state index in [9.17, 15) is 4.79 Å². The minimum absolute atomic E-state index is 0.0467. The van der Waals surface area contributed by atoms with Gasteiger partial charge in [-0.25, -0.2) is 4.98 Å². The largest absolute Gasteiger partial charge is 0.493 e. The first kappa shape index (κ1) is 22.7.